The summed E-state index contributed by atoms with van der Waals surface area (Å²) in [6.45, 7) is 4.56. The van der Waals surface area contributed by atoms with E-state index in [4.69, 9.17) is 13.9 Å². The molecule has 0 aliphatic carbocycles. The van der Waals surface area contributed by atoms with Gasteiger partial charge in [-0.25, -0.2) is 4.98 Å². The van der Waals surface area contributed by atoms with Crippen LogP contribution >= 0.6 is 0 Å². The van der Waals surface area contributed by atoms with Crippen molar-refractivity contribution < 1.29 is 28.6 Å². The molecule has 2 amide bonds. The lowest BCUT2D eigenvalue weighted by Gasteiger charge is -2.38. The summed E-state index contributed by atoms with van der Waals surface area (Å²) >= 11 is 0. The monoisotopic (exact) mass is 610 g/mol. The number of fused-ring (bicyclic) bond motifs is 2. The van der Waals surface area contributed by atoms with Crippen LogP contribution in [0.1, 0.15) is 60.5 Å². The maximum absolute atomic E-state index is 13.1. The van der Waals surface area contributed by atoms with Crippen molar-refractivity contribution in [3.05, 3.63) is 118 Å². The van der Waals surface area contributed by atoms with E-state index in [1.54, 1.807) is 43.6 Å². The molecule has 3 aromatic carbocycles. The van der Waals surface area contributed by atoms with E-state index in [0.717, 1.165) is 23.1 Å². The van der Waals surface area contributed by atoms with E-state index in [0.29, 0.717) is 55.2 Å². The number of aryl methyl sites for hydroxylation is 1. The molecular formula is C35H38N4O6. The Morgan fingerprint density at radius 3 is 2.67 bits per heavy atom. The van der Waals surface area contributed by atoms with Crippen LogP contribution in [0.4, 0.5) is 0 Å². The first kappa shape index (κ1) is 30.5. The third-order valence-electron chi connectivity index (χ3n) is 8.61. The second kappa shape index (κ2) is 13.6. The number of nitrogens with zero attached hydrogens (tertiary/aromatic N) is 3. The highest BCUT2D eigenvalue weighted by molar-refractivity contribution is 5.95. The predicted molar refractivity (Wildman–Crippen MR) is 167 cm³/mol. The fraction of sp³-hybridized carbons (Fsp3) is 0.343. The Balaban J connectivity index is 1.04. The van der Waals surface area contributed by atoms with Crippen molar-refractivity contribution in [1.29, 1.82) is 0 Å². The zero-order valence-corrected chi connectivity index (χ0v) is 25.6. The third kappa shape index (κ3) is 6.93. The molecule has 0 spiro atoms. The average molecular weight is 611 g/mol. The third-order valence-corrected chi connectivity index (χ3v) is 8.61. The lowest BCUT2D eigenvalue weighted by Crippen LogP contribution is -2.45. The molecule has 0 saturated heterocycles. The topological polar surface area (TPSA) is 117 Å². The highest BCUT2D eigenvalue weighted by Gasteiger charge is 2.31. The minimum atomic E-state index is -0.799. The van der Waals surface area contributed by atoms with E-state index in [2.05, 4.69) is 34.3 Å². The van der Waals surface area contributed by atoms with Crippen molar-refractivity contribution in [1.82, 2.24) is 20.1 Å². The van der Waals surface area contributed by atoms with Gasteiger partial charge in [0.1, 0.15) is 24.3 Å². The zero-order valence-electron chi connectivity index (χ0n) is 25.6. The molecule has 10 heteroatoms. The summed E-state index contributed by atoms with van der Waals surface area (Å²) in [6.07, 6.45) is 3.36. The first-order chi connectivity index (χ1) is 21.9. The van der Waals surface area contributed by atoms with Crippen molar-refractivity contribution in [2.45, 2.75) is 45.2 Å². The van der Waals surface area contributed by atoms with E-state index < -0.39 is 6.10 Å². The number of β-amino-alcohol motifs (C(OH)–C–C–N with tert-alkyl or cyclic N) is 1. The number of benzene rings is 3. The fourth-order valence-corrected chi connectivity index (χ4v) is 6.16. The van der Waals surface area contributed by atoms with Crippen LogP contribution in [-0.4, -0.2) is 71.1 Å². The van der Waals surface area contributed by atoms with Crippen LogP contribution in [0, 0.1) is 6.92 Å². The standard InChI is InChI=1S/C35H38N4O6/c1-23-4-3-5-32-31(23)13-15-39(35(32)44-21-30-18-36-22-45-30)20-28(40)17-37-33(41)26-6-7-27-19-38(14-12-25(27)16-26)34(42)24-8-10-29(43-2)11-9-24/h3-11,16,18,22,28,35,40H,12-15,17,19-21H2,1-2H3,(H,37,41)/t28-,35?/m0/s1. The molecule has 2 aliphatic heterocycles. The van der Waals surface area contributed by atoms with Gasteiger partial charge in [-0.05, 0) is 84.0 Å². The Hall–Kier alpha value is -4.51. The van der Waals surface area contributed by atoms with Crippen LogP contribution in [0.5, 0.6) is 5.75 Å². The Morgan fingerprint density at radius 1 is 1.07 bits per heavy atom. The summed E-state index contributed by atoms with van der Waals surface area (Å²) in [5.41, 5.74) is 6.79. The molecule has 0 radical (unpaired) electrons. The van der Waals surface area contributed by atoms with Gasteiger partial charge in [0.05, 0.1) is 19.4 Å². The number of hydrogen-bond donors (Lipinski definition) is 2. The van der Waals surface area contributed by atoms with Gasteiger partial charge in [0, 0.05) is 43.9 Å². The van der Waals surface area contributed by atoms with Crippen LogP contribution in [0.25, 0.3) is 0 Å². The number of rotatable bonds is 10. The van der Waals surface area contributed by atoms with Crippen molar-refractivity contribution in [2.24, 2.45) is 0 Å². The van der Waals surface area contributed by atoms with Gasteiger partial charge in [-0.2, -0.15) is 0 Å². The molecule has 45 heavy (non-hydrogen) atoms. The molecule has 3 heterocycles. The molecule has 4 aromatic rings. The maximum atomic E-state index is 13.1. The lowest BCUT2D eigenvalue weighted by atomic mass is 9.93. The van der Waals surface area contributed by atoms with Gasteiger partial charge in [-0.1, -0.05) is 24.3 Å². The summed E-state index contributed by atoms with van der Waals surface area (Å²) in [6, 6.07) is 18.9. The number of carbonyl (C=O) groups excluding carboxylic acids is 2. The van der Waals surface area contributed by atoms with Gasteiger partial charge in [-0.3, -0.25) is 14.5 Å². The predicted octanol–water partition coefficient (Wildman–Crippen LogP) is 4.05. The van der Waals surface area contributed by atoms with E-state index >= 15 is 0 Å². The minimum absolute atomic E-state index is 0.0305. The molecule has 2 atom stereocenters. The molecule has 2 N–H and O–H groups in total. The Bertz CT molecular complexity index is 1640. The molecule has 0 fully saturated rings. The molecule has 10 nitrogen and oxygen atoms in total. The molecule has 0 saturated carbocycles. The van der Waals surface area contributed by atoms with Crippen LogP contribution in [0.15, 0.2) is 77.7 Å². The number of aromatic nitrogens is 1. The minimum Gasteiger partial charge on any atom is -0.497 e. The van der Waals surface area contributed by atoms with Crippen LogP contribution in [-0.2, 0) is 30.7 Å². The molecule has 1 unspecified atom stereocenters. The van der Waals surface area contributed by atoms with Gasteiger partial charge in [-0.15, -0.1) is 0 Å². The van der Waals surface area contributed by atoms with Crippen LogP contribution in [0.2, 0.25) is 0 Å². The Kier molecular flexibility index (Phi) is 9.25. The number of nitrogens with one attached hydrogen (secondary N) is 1. The quantitative estimate of drug-likeness (QED) is 0.276. The summed E-state index contributed by atoms with van der Waals surface area (Å²) in [4.78, 5) is 34.0. The van der Waals surface area contributed by atoms with Crippen molar-refractivity contribution in [3.8, 4) is 5.75 Å². The maximum Gasteiger partial charge on any atom is 0.254 e. The zero-order chi connectivity index (χ0) is 31.3. The second-order valence-corrected chi connectivity index (χ2v) is 11.6. The number of hydrogen-bond acceptors (Lipinski definition) is 8. The largest absolute Gasteiger partial charge is 0.497 e. The van der Waals surface area contributed by atoms with Gasteiger partial charge in [0.25, 0.3) is 11.8 Å². The number of oxazole rings is 1. The van der Waals surface area contributed by atoms with E-state index in [9.17, 15) is 14.7 Å². The van der Waals surface area contributed by atoms with Crippen molar-refractivity contribution >= 4 is 11.8 Å². The second-order valence-electron chi connectivity index (χ2n) is 11.6. The molecule has 2 aliphatic rings. The molecule has 0 bridgehead atoms. The van der Waals surface area contributed by atoms with Gasteiger partial charge >= 0.3 is 0 Å². The van der Waals surface area contributed by atoms with E-state index in [1.807, 2.05) is 23.1 Å². The number of aliphatic hydroxyl groups is 1. The highest BCUT2D eigenvalue weighted by atomic mass is 16.5. The molecule has 1 aromatic heterocycles. The Labute approximate surface area is 262 Å². The highest BCUT2D eigenvalue weighted by Crippen LogP contribution is 2.33. The Morgan fingerprint density at radius 2 is 1.89 bits per heavy atom. The molecule has 6 rings (SSSR count). The number of aliphatic hydroxyl groups excluding tert-OH is 1. The number of ether oxygens (including phenoxy) is 2. The average Bonchev–Trinajstić information content (AvgIpc) is 3.60. The number of carbonyl (C=O) groups is 2. The van der Waals surface area contributed by atoms with Crippen molar-refractivity contribution in [3.63, 3.8) is 0 Å². The first-order valence-electron chi connectivity index (χ1n) is 15.2. The van der Waals surface area contributed by atoms with Crippen LogP contribution < -0.4 is 10.1 Å². The molecule has 234 valence electrons. The van der Waals surface area contributed by atoms with E-state index in [-0.39, 0.29) is 31.2 Å². The van der Waals surface area contributed by atoms with Crippen LogP contribution in [0.3, 0.4) is 0 Å². The summed E-state index contributed by atoms with van der Waals surface area (Å²) < 4.78 is 16.8. The first-order valence-corrected chi connectivity index (χ1v) is 15.2. The van der Waals surface area contributed by atoms with Crippen molar-refractivity contribution in [2.75, 3.05) is 33.3 Å². The van der Waals surface area contributed by atoms with Gasteiger partial charge < -0.3 is 29.2 Å². The smallest absolute Gasteiger partial charge is 0.254 e. The summed E-state index contributed by atoms with van der Waals surface area (Å²) in [5.74, 6) is 1.06. The summed E-state index contributed by atoms with van der Waals surface area (Å²) in [7, 11) is 1.60. The van der Waals surface area contributed by atoms with E-state index in [1.165, 1.54) is 17.5 Å². The molecular weight excluding hydrogens is 572 g/mol. The number of methoxy groups -OCH3 is 1. The summed E-state index contributed by atoms with van der Waals surface area (Å²) in [5, 5.41) is 13.9. The number of amides is 2. The van der Waals surface area contributed by atoms with Gasteiger partial charge in [0.2, 0.25) is 0 Å². The normalized spacial score (nSPS) is 16.9. The van der Waals surface area contributed by atoms with Gasteiger partial charge in [0.15, 0.2) is 6.39 Å². The lowest BCUT2D eigenvalue weighted by molar-refractivity contribution is -0.0940. The fourth-order valence-electron chi connectivity index (χ4n) is 6.16. The SMILES string of the molecule is COc1ccc(C(=O)N2CCc3cc(C(=O)NC[C@H](O)CN4CCc5c(C)cccc5C4OCc4cnco4)ccc3C2)cc1.